The van der Waals surface area contributed by atoms with E-state index < -0.39 is 16.1 Å². The second-order valence-electron chi connectivity index (χ2n) is 11.8. The van der Waals surface area contributed by atoms with Gasteiger partial charge in [0, 0.05) is 25.7 Å². The molecule has 3 aliphatic heterocycles. The van der Waals surface area contributed by atoms with Gasteiger partial charge in [-0.2, -0.15) is 9.40 Å². The molecular formula is C36H36N4O8S. The average molecular weight is 685 g/mol. The van der Waals surface area contributed by atoms with Crippen LogP contribution in [-0.4, -0.2) is 62.7 Å². The lowest BCUT2D eigenvalue weighted by molar-refractivity contribution is -0.121. The van der Waals surface area contributed by atoms with Crippen molar-refractivity contribution in [3.8, 4) is 40.2 Å². The third-order valence-electron chi connectivity index (χ3n) is 8.69. The van der Waals surface area contributed by atoms with Gasteiger partial charge in [0.2, 0.25) is 11.0 Å². The van der Waals surface area contributed by atoms with E-state index in [2.05, 4.69) is 15.5 Å². The van der Waals surface area contributed by atoms with Crippen molar-refractivity contribution in [3.05, 3.63) is 101 Å². The second-order valence-corrected chi connectivity index (χ2v) is 13.6. The number of carbonyl (C=O) groups is 1. The Hall–Kier alpha value is -5.27. The van der Waals surface area contributed by atoms with Gasteiger partial charge < -0.3 is 28.7 Å². The van der Waals surface area contributed by atoms with E-state index in [1.54, 1.807) is 44.7 Å². The van der Waals surface area contributed by atoms with E-state index in [0.717, 1.165) is 16.7 Å². The number of benzene rings is 3. The van der Waals surface area contributed by atoms with Gasteiger partial charge in [0.25, 0.3) is 10.0 Å². The van der Waals surface area contributed by atoms with Crippen LogP contribution < -0.4 is 24.3 Å². The molecule has 1 atom stereocenters. The number of H-pyrrole nitrogens is 1. The molecule has 13 heteroatoms. The minimum absolute atomic E-state index is 0.0540. The van der Waals surface area contributed by atoms with Crippen LogP contribution in [0.1, 0.15) is 41.1 Å². The van der Waals surface area contributed by atoms with Crippen molar-refractivity contribution in [3.63, 3.8) is 0 Å². The van der Waals surface area contributed by atoms with Crippen LogP contribution in [0.3, 0.4) is 0 Å². The summed E-state index contributed by atoms with van der Waals surface area (Å²) >= 11 is 0. The Morgan fingerprint density at radius 3 is 2.61 bits per heavy atom. The fraction of sp³-hybridized carbons (Fsp3) is 0.278. The molecule has 0 fully saturated rings. The summed E-state index contributed by atoms with van der Waals surface area (Å²) in [6.07, 6.45) is 3.43. The summed E-state index contributed by atoms with van der Waals surface area (Å²) in [5, 5.41) is 9.52. The average Bonchev–Trinajstić information content (AvgIpc) is 3.83. The summed E-state index contributed by atoms with van der Waals surface area (Å²) in [7, 11) is -1.06. The van der Waals surface area contributed by atoms with Gasteiger partial charge in [-0.25, -0.2) is 8.42 Å². The minimum Gasteiger partial charge on any atom is -0.493 e. The second kappa shape index (κ2) is 13.7. The van der Waals surface area contributed by atoms with Gasteiger partial charge in [0.1, 0.15) is 11.4 Å². The zero-order chi connectivity index (χ0) is 34.0. The third-order valence-corrected chi connectivity index (χ3v) is 10.4. The molecule has 2 N–H and O–H groups in total. The lowest BCUT2D eigenvalue weighted by atomic mass is 9.89. The Morgan fingerprint density at radius 2 is 1.80 bits per heavy atom. The van der Waals surface area contributed by atoms with Crippen LogP contribution in [0.4, 0.5) is 0 Å². The molecule has 8 rings (SSSR count). The number of nitrogens with one attached hydrogen (secondary N) is 2. The predicted octanol–water partition coefficient (Wildman–Crippen LogP) is 5.65. The van der Waals surface area contributed by atoms with Crippen molar-refractivity contribution >= 4 is 15.9 Å². The first-order chi connectivity index (χ1) is 23.8. The summed E-state index contributed by atoms with van der Waals surface area (Å²) in [4.78, 5) is 12.6. The van der Waals surface area contributed by atoms with Gasteiger partial charge in [-0.3, -0.25) is 9.89 Å². The molecule has 0 radical (unpaired) electrons. The molecular weight excluding hydrogens is 648 g/mol. The van der Waals surface area contributed by atoms with Crippen molar-refractivity contribution in [1.82, 2.24) is 19.8 Å². The quantitative estimate of drug-likeness (QED) is 0.240. The molecule has 3 aliphatic rings. The monoisotopic (exact) mass is 684 g/mol. The third kappa shape index (κ3) is 6.59. The molecule has 0 aliphatic carbocycles. The normalized spacial score (nSPS) is 17.0. The number of furan rings is 1. The van der Waals surface area contributed by atoms with E-state index in [4.69, 9.17) is 23.4 Å². The molecule has 1 amide bonds. The van der Waals surface area contributed by atoms with Crippen molar-refractivity contribution in [2.75, 3.05) is 33.9 Å². The van der Waals surface area contributed by atoms with Crippen LogP contribution >= 0.6 is 0 Å². The molecule has 1 unspecified atom stereocenters. The largest absolute Gasteiger partial charge is 0.493 e. The van der Waals surface area contributed by atoms with E-state index in [1.807, 2.05) is 42.5 Å². The van der Waals surface area contributed by atoms with Crippen LogP contribution in [0.25, 0.3) is 11.5 Å². The van der Waals surface area contributed by atoms with Gasteiger partial charge in [-0.1, -0.05) is 18.2 Å². The lowest BCUT2D eigenvalue weighted by Gasteiger charge is -2.36. The number of ether oxygens (including phenoxy) is 4. The molecule has 49 heavy (non-hydrogen) atoms. The van der Waals surface area contributed by atoms with Crippen LogP contribution in [-0.2, 0) is 27.7 Å². The van der Waals surface area contributed by atoms with Crippen LogP contribution in [0.2, 0.25) is 0 Å². The summed E-state index contributed by atoms with van der Waals surface area (Å²) in [6, 6.07) is 20.8. The van der Waals surface area contributed by atoms with E-state index in [-0.39, 0.29) is 17.5 Å². The number of rotatable bonds is 5. The van der Waals surface area contributed by atoms with E-state index >= 15 is 0 Å². The molecule has 0 spiro atoms. The number of sulfonamides is 1. The number of hydrogen-bond acceptors (Lipinski definition) is 9. The topological polar surface area (TPSA) is 145 Å². The Labute approximate surface area is 284 Å². The molecule has 254 valence electrons. The number of hydrogen-bond donors (Lipinski definition) is 2. The lowest BCUT2D eigenvalue weighted by Crippen LogP contribution is -2.40. The minimum atomic E-state index is -4.16. The number of aromatic amines is 1. The Balaban J connectivity index is 1.35. The predicted molar refractivity (Wildman–Crippen MR) is 180 cm³/mol. The maximum absolute atomic E-state index is 14.4. The first kappa shape index (κ1) is 32.3. The number of amides is 1. The Bertz CT molecular complexity index is 2080. The smallest absolute Gasteiger partial charge is 0.277 e. The summed E-state index contributed by atoms with van der Waals surface area (Å²) in [5.41, 5.74) is 3.83. The van der Waals surface area contributed by atoms with E-state index in [1.165, 1.54) is 10.4 Å². The highest BCUT2D eigenvalue weighted by Gasteiger charge is 2.40. The van der Waals surface area contributed by atoms with Crippen molar-refractivity contribution in [1.29, 1.82) is 0 Å². The zero-order valence-corrected chi connectivity index (χ0v) is 27.9. The standard InChI is InChI=1S/C36H36N4O8S/c1-44-30-9-8-25-21-32(30)46-18-4-15-37-34(41)11-7-23-5-3-6-26(19-23)47-33-20-24-14-17-40(36(25)27(24)22-31(33)45-2)49(42,43)35-12-10-29(48-35)28-13-16-38-39-28/h3,5-6,8-10,12-13,16,19-22,36H,4,7,11,14-15,17-18H2,1-2H3,(H,37,41)(H,38,39). The first-order valence-corrected chi connectivity index (χ1v) is 17.4. The van der Waals surface area contributed by atoms with Crippen LogP contribution in [0, 0.1) is 0 Å². The molecule has 0 saturated carbocycles. The Kier molecular flexibility index (Phi) is 9.02. The fourth-order valence-corrected chi connectivity index (χ4v) is 7.77. The van der Waals surface area contributed by atoms with Gasteiger partial charge in [-0.05, 0) is 96.1 Å². The molecule has 12 nitrogen and oxygen atoms in total. The van der Waals surface area contributed by atoms with Gasteiger partial charge >= 0.3 is 0 Å². The number of fused-ring (bicyclic) bond motifs is 8. The van der Waals surface area contributed by atoms with Crippen molar-refractivity contribution < 1.29 is 36.6 Å². The van der Waals surface area contributed by atoms with Gasteiger partial charge in [0.05, 0.1) is 26.9 Å². The van der Waals surface area contributed by atoms with Crippen molar-refractivity contribution in [2.24, 2.45) is 0 Å². The molecule has 5 heterocycles. The summed E-state index contributed by atoms with van der Waals surface area (Å²) < 4.78 is 60.2. The highest BCUT2D eigenvalue weighted by Crippen LogP contribution is 2.46. The maximum atomic E-state index is 14.4. The molecule has 5 aromatic rings. The van der Waals surface area contributed by atoms with E-state index in [0.29, 0.717) is 84.6 Å². The number of aryl methyl sites for hydroxylation is 1. The number of nitrogens with zero attached hydrogens (tertiary/aromatic N) is 2. The number of methoxy groups -OCH3 is 2. The fourth-order valence-electron chi connectivity index (χ4n) is 6.26. The molecule has 0 saturated heterocycles. The zero-order valence-electron chi connectivity index (χ0n) is 27.1. The number of aromatic nitrogens is 2. The highest BCUT2D eigenvalue weighted by atomic mass is 32.2. The van der Waals surface area contributed by atoms with Crippen molar-refractivity contribution in [2.45, 2.75) is 36.8 Å². The number of carbonyl (C=O) groups excluding carboxylic acids is 1. The molecule has 3 aromatic carbocycles. The molecule has 2 aromatic heterocycles. The van der Waals surface area contributed by atoms with Crippen LogP contribution in [0.5, 0.6) is 28.7 Å². The van der Waals surface area contributed by atoms with Gasteiger partial charge in [-0.15, -0.1) is 0 Å². The maximum Gasteiger partial charge on any atom is 0.277 e. The molecule has 8 bridgehead atoms. The summed E-state index contributed by atoms with van der Waals surface area (Å²) in [6.45, 7) is 0.920. The SMILES string of the molecule is COc1ccc2cc1OCCCNC(=O)CCc1cccc(c1)Oc1cc3c(cc1OC)C2N(S(=O)(=O)c1ccc(-c2ccn[nH]2)o1)CC3. The van der Waals surface area contributed by atoms with Gasteiger partial charge in [0.15, 0.2) is 28.8 Å². The van der Waals surface area contributed by atoms with Crippen LogP contribution in [0.15, 0.2) is 88.5 Å². The first-order valence-electron chi connectivity index (χ1n) is 16.0. The van der Waals surface area contributed by atoms with E-state index in [9.17, 15) is 13.2 Å². The highest BCUT2D eigenvalue weighted by molar-refractivity contribution is 7.89. The Morgan fingerprint density at radius 1 is 0.918 bits per heavy atom. The summed E-state index contributed by atoms with van der Waals surface area (Å²) in [5.74, 6) is 2.79.